The predicted molar refractivity (Wildman–Crippen MR) is 155 cm³/mol. The number of aryl methyl sites for hydroxylation is 2. The molecule has 0 heterocycles. The van der Waals surface area contributed by atoms with Gasteiger partial charge < -0.3 is 15.5 Å². The van der Waals surface area contributed by atoms with E-state index >= 15 is 0 Å². The number of likely N-dealkylation sites (N-methyl/N-ethyl adjacent to an activating group) is 1. The maximum atomic E-state index is 13.3. The van der Waals surface area contributed by atoms with Crippen LogP contribution < -0.4 is 5.32 Å². The zero-order valence-corrected chi connectivity index (χ0v) is 23.8. The lowest BCUT2D eigenvalue weighted by Gasteiger charge is -2.29. The molecule has 0 fully saturated rings. The number of carbonyl (C=O) groups is 1. The molecule has 7 nitrogen and oxygen atoms in total. The Balaban J connectivity index is 1.57. The van der Waals surface area contributed by atoms with E-state index in [2.05, 4.69) is 31.3 Å². The van der Waals surface area contributed by atoms with Gasteiger partial charge in [0.25, 0.3) is 0 Å². The summed E-state index contributed by atoms with van der Waals surface area (Å²) >= 11 is 0. The lowest BCUT2D eigenvalue weighted by atomic mass is 9.95. The summed E-state index contributed by atoms with van der Waals surface area (Å²) in [6.07, 6.45) is 2.48. The molecule has 0 saturated carbocycles. The van der Waals surface area contributed by atoms with Crippen LogP contribution in [-0.2, 0) is 27.7 Å². The van der Waals surface area contributed by atoms with Crippen molar-refractivity contribution in [3.63, 3.8) is 0 Å². The van der Waals surface area contributed by atoms with Crippen LogP contribution in [-0.4, -0.2) is 60.7 Å². The molecule has 8 heteroatoms. The average molecular weight is 553 g/mol. The molecule has 0 aliphatic carbocycles. The largest absolute Gasteiger partial charge is 0.481 e. The number of nitrogens with one attached hydrogen (secondary N) is 1. The third-order valence-electron chi connectivity index (χ3n) is 6.82. The van der Waals surface area contributed by atoms with Crippen molar-refractivity contribution in [1.29, 1.82) is 0 Å². The summed E-state index contributed by atoms with van der Waals surface area (Å²) in [4.78, 5) is 11.0. The van der Waals surface area contributed by atoms with Gasteiger partial charge in [-0.3, -0.25) is 4.79 Å². The van der Waals surface area contributed by atoms with Crippen LogP contribution in [0, 0.1) is 0 Å². The SMILES string of the molecule is CN(CC(O)CNC(C)(C)CCCc1ccccc1)S(=O)(=O)c1cccc(-c2cccc(CCC(=O)O)c2)c1. The Kier molecular flexibility index (Phi) is 10.8. The maximum absolute atomic E-state index is 13.3. The van der Waals surface area contributed by atoms with Gasteiger partial charge in [0.1, 0.15) is 0 Å². The minimum Gasteiger partial charge on any atom is -0.481 e. The number of carboxylic acid groups (broad SMARTS) is 1. The highest BCUT2D eigenvalue weighted by Gasteiger charge is 2.25. The number of benzene rings is 3. The molecule has 0 saturated heterocycles. The first-order valence-corrected chi connectivity index (χ1v) is 14.7. The average Bonchev–Trinajstić information content (AvgIpc) is 2.91. The highest BCUT2D eigenvalue weighted by molar-refractivity contribution is 7.89. The number of β-amino-alcohol motifs (C(OH)–C–C–N with tert-alkyl or cyclic N) is 1. The fraction of sp³-hybridized carbons (Fsp3) is 0.387. The number of aliphatic hydroxyl groups is 1. The van der Waals surface area contributed by atoms with E-state index in [1.54, 1.807) is 18.2 Å². The fourth-order valence-corrected chi connectivity index (χ4v) is 5.75. The number of carboxylic acids is 1. The molecular formula is C31H40N2O5S. The third kappa shape index (κ3) is 9.58. The standard InChI is InChI=1S/C31H40N2O5S/c1-31(2,19-9-13-24-10-5-4-6-11-24)32-22-28(34)23-33(3)39(37,38)29-16-8-15-27(21-29)26-14-7-12-25(20-26)17-18-30(35)36/h4-8,10-12,14-16,20-21,28,32,34H,9,13,17-19,22-23H2,1-3H3,(H,35,36). The second-order valence-electron chi connectivity index (χ2n) is 10.7. The predicted octanol–water partition coefficient (Wildman–Crippen LogP) is 4.74. The molecule has 0 bridgehead atoms. The van der Waals surface area contributed by atoms with Crippen molar-refractivity contribution in [3.8, 4) is 11.1 Å². The Morgan fingerprint density at radius 3 is 2.26 bits per heavy atom. The topological polar surface area (TPSA) is 107 Å². The van der Waals surface area contributed by atoms with Gasteiger partial charge in [0.2, 0.25) is 10.0 Å². The van der Waals surface area contributed by atoms with Crippen LogP contribution in [0.5, 0.6) is 0 Å². The third-order valence-corrected chi connectivity index (χ3v) is 8.64. The van der Waals surface area contributed by atoms with Crippen molar-refractivity contribution in [2.45, 2.75) is 62.5 Å². The Morgan fingerprint density at radius 2 is 1.56 bits per heavy atom. The van der Waals surface area contributed by atoms with Crippen molar-refractivity contribution in [2.75, 3.05) is 20.1 Å². The quantitative estimate of drug-likeness (QED) is 0.251. The molecule has 0 aliphatic rings. The fourth-order valence-electron chi connectivity index (χ4n) is 4.49. The molecule has 3 rings (SSSR count). The summed E-state index contributed by atoms with van der Waals surface area (Å²) in [6, 6.07) is 24.5. The summed E-state index contributed by atoms with van der Waals surface area (Å²) < 4.78 is 27.8. The summed E-state index contributed by atoms with van der Waals surface area (Å²) in [5.74, 6) is -0.861. The monoisotopic (exact) mass is 552 g/mol. The molecule has 0 radical (unpaired) electrons. The Morgan fingerprint density at radius 1 is 0.923 bits per heavy atom. The van der Waals surface area contributed by atoms with Gasteiger partial charge in [-0.15, -0.1) is 0 Å². The van der Waals surface area contributed by atoms with Crippen molar-refractivity contribution >= 4 is 16.0 Å². The first-order chi connectivity index (χ1) is 18.5. The van der Waals surface area contributed by atoms with Gasteiger partial charge in [-0.25, -0.2) is 8.42 Å². The summed E-state index contributed by atoms with van der Waals surface area (Å²) in [6.45, 7) is 4.42. The number of aliphatic carboxylic acids is 1. The number of sulfonamides is 1. The van der Waals surface area contributed by atoms with Crippen LogP contribution in [0.25, 0.3) is 11.1 Å². The van der Waals surface area contributed by atoms with Crippen LogP contribution in [0.4, 0.5) is 0 Å². The van der Waals surface area contributed by atoms with Crippen LogP contribution in [0.2, 0.25) is 0 Å². The Labute approximate surface area is 232 Å². The van der Waals surface area contributed by atoms with Gasteiger partial charge in [-0.1, -0.05) is 66.7 Å². The van der Waals surface area contributed by atoms with Gasteiger partial charge in [-0.05, 0) is 73.9 Å². The van der Waals surface area contributed by atoms with Crippen LogP contribution in [0.1, 0.15) is 44.2 Å². The molecule has 3 N–H and O–H groups in total. The van der Waals surface area contributed by atoms with E-state index in [9.17, 15) is 18.3 Å². The minimum atomic E-state index is -3.83. The highest BCUT2D eigenvalue weighted by Crippen LogP contribution is 2.25. The maximum Gasteiger partial charge on any atom is 0.303 e. The summed E-state index contributed by atoms with van der Waals surface area (Å²) in [7, 11) is -2.35. The lowest BCUT2D eigenvalue weighted by molar-refractivity contribution is -0.136. The minimum absolute atomic E-state index is 0.0325. The molecular weight excluding hydrogens is 512 g/mol. The number of aliphatic hydroxyl groups excluding tert-OH is 1. The number of rotatable bonds is 15. The van der Waals surface area contributed by atoms with Crippen molar-refractivity contribution in [1.82, 2.24) is 9.62 Å². The zero-order valence-electron chi connectivity index (χ0n) is 23.0. The number of nitrogens with zero attached hydrogens (tertiary/aromatic N) is 1. The molecule has 210 valence electrons. The second kappa shape index (κ2) is 13.8. The van der Waals surface area contributed by atoms with E-state index in [1.807, 2.05) is 48.5 Å². The van der Waals surface area contributed by atoms with Crippen molar-refractivity contribution in [3.05, 3.63) is 90.0 Å². The normalized spacial score (nSPS) is 12.9. The zero-order chi connectivity index (χ0) is 28.5. The molecule has 0 aliphatic heterocycles. The first-order valence-electron chi connectivity index (χ1n) is 13.3. The molecule has 3 aromatic rings. The van der Waals surface area contributed by atoms with Gasteiger partial charge in [-0.2, -0.15) is 4.31 Å². The molecule has 0 amide bonds. The highest BCUT2D eigenvalue weighted by atomic mass is 32.2. The molecule has 0 spiro atoms. The van der Waals surface area contributed by atoms with E-state index in [0.717, 1.165) is 36.0 Å². The van der Waals surface area contributed by atoms with E-state index in [4.69, 9.17) is 5.11 Å². The van der Waals surface area contributed by atoms with Crippen LogP contribution in [0.3, 0.4) is 0 Å². The Hall–Kier alpha value is -3.04. The van der Waals surface area contributed by atoms with Gasteiger partial charge in [0.15, 0.2) is 0 Å². The summed E-state index contributed by atoms with van der Waals surface area (Å²) in [5, 5.41) is 23.0. The number of hydrogen-bond acceptors (Lipinski definition) is 5. The van der Waals surface area contributed by atoms with Gasteiger partial charge in [0, 0.05) is 32.1 Å². The second-order valence-corrected chi connectivity index (χ2v) is 12.7. The lowest BCUT2D eigenvalue weighted by Crippen LogP contribution is -2.46. The van der Waals surface area contributed by atoms with Crippen LogP contribution >= 0.6 is 0 Å². The molecule has 1 atom stereocenters. The van der Waals surface area contributed by atoms with Gasteiger partial charge in [0.05, 0.1) is 11.0 Å². The molecule has 3 aromatic carbocycles. The van der Waals surface area contributed by atoms with E-state index in [1.165, 1.54) is 16.9 Å². The van der Waals surface area contributed by atoms with Gasteiger partial charge >= 0.3 is 5.97 Å². The first kappa shape index (κ1) is 30.5. The van der Waals surface area contributed by atoms with E-state index in [-0.39, 0.29) is 29.9 Å². The van der Waals surface area contributed by atoms with Crippen molar-refractivity contribution < 1.29 is 23.4 Å². The smallest absolute Gasteiger partial charge is 0.303 e. The van der Waals surface area contributed by atoms with Crippen LogP contribution in [0.15, 0.2) is 83.8 Å². The Bertz CT molecular complexity index is 1330. The van der Waals surface area contributed by atoms with E-state index < -0.39 is 22.1 Å². The number of hydrogen-bond donors (Lipinski definition) is 3. The molecule has 39 heavy (non-hydrogen) atoms. The molecule has 0 aromatic heterocycles. The molecule has 1 unspecified atom stereocenters. The van der Waals surface area contributed by atoms with Crippen molar-refractivity contribution in [2.24, 2.45) is 0 Å². The van der Waals surface area contributed by atoms with E-state index in [0.29, 0.717) is 6.42 Å². The summed E-state index contributed by atoms with van der Waals surface area (Å²) in [5.41, 5.74) is 3.52.